The Hall–Kier alpha value is -2.40. The van der Waals surface area contributed by atoms with E-state index in [1.165, 1.54) is 17.3 Å². The van der Waals surface area contributed by atoms with E-state index in [1.54, 1.807) is 6.21 Å². The molecule has 1 aliphatic rings. The molecule has 2 aromatic rings. The summed E-state index contributed by atoms with van der Waals surface area (Å²) in [4.78, 5) is 12.0. The normalized spacial score (nSPS) is 19.4. The lowest BCUT2D eigenvalue weighted by Gasteiger charge is -2.05. The molecule has 3 rings (SSSR count). The largest absolute Gasteiger partial charge is 0.303 e. The number of rotatable bonds is 4. The van der Waals surface area contributed by atoms with Crippen LogP contribution in [0.15, 0.2) is 64.8 Å². The molecule has 2 aromatic carbocycles. The maximum atomic E-state index is 12.0. The van der Waals surface area contributed by atoms with Gasteiger partial charge in [0, 0.05) is 0 Å². The van der Waals surface area contributed by atoms with Gasteiger partial charge in [-0.2, -0.15) is 5.10 Å². The number of thioether (sulfide) groups is 1. The minimum Gasteiger partial charge on any atom is -0.303 e. The molecule has 1 fully saturated rings. The first kappa shape index (κ1) is 15.5. The van der Waals surface area contributed by atoms with Gasteiger partial charge in [-0.3, -0.25) is 4.79 Å². The van der Waals surface area contributed by atoms with Crippen molar-refractivity contribution in [2.45, 2.75) is 18.6 Å². The van der Waals surface area contributed by atoms with Crippen LogP contribution in [0, 0.1) is 6.92 Å². The van der Waals surface area contributed by atoms with Crippen molar-refractivity contribution < 1.29 is 4.79 Å². The van der Waals surface area contributed by atoms with E-state index < -0.39 is 0 Å². The Labute approximate surface area is 139 Å². The summed E-state index contributed by atoms with van der Waals surface area (Å²) in [5.41, 5.74) is 3.33. The molecule has 0 aromatic heterocycles. The third-order valence-electron chi connectivity index (χ3n) is 3.43. The van der Waals surface area contributed by atoms with E-state index in [-0.39, 0.29) is 11.2 Å². The number of nitrogens with zero attached hydrogens (tertiary/aromatic N) is 2. The van der Waals surface area contributed by atoms with Gasteiger partial charge in [-0.25, -0.2) is 0 Å². The average Bonchev–Trinajstić information content (AvgIpc) is 2.88. The van der Waals surface area contributed by atoms with Gasteiger partial charge in [-0.1, -0.05) is 71.9 Å². The van der Waals surface area contributed by atoms with Crippen LogP contribution in [0.5, 0.6) is 0 Å². The average molecular weight is 323 g/mol. The third-order valence-corrected chi connectivity index (χ3v) is 4.51. The van der Waals surface area contributed by atoms with Gasteiger partial charge >= 0.3 is 0 Å². The molecule has 0 bridgehead atoms. The molecule has 1 amide bonds. The van der Waals surface area contributed by atoms with Crippen LogP contribution in [0.3, 0.4) is 0 Å². The van der Waals surface area contributed by atoms with Gasteiger partial charge in [0.25, 0.3) is 0 Å². The van der Waals surface area contributed by atoms with Crippen molar-refractivity contribution in [1.29, 1.82) is 0 Å². The first-order valence-electron chi connectivity index (χ1n) is 7.40. The van der Waals surface area contributed by atoms with Crippen molar-refractivity contribution in [2.24, 2.45) is 10.2 Å². The van der Waals surface area contributed by atoms with Gasteiger partial charge in [-0.15, -0.1) is 5.10 Å². The summed E-state index contributed by atoms with van der Waals surface area (Å²) in [5, 5.41) is 11.3. The number of benzene rings is 2. The number of amidine groups is 1. The van der Waals surface area contributed by atoms with E-state index in [1.807, 2.05) is 42.5 Å². The lowest BCUT2D eigenvalue weighted by molar-refractivity contribution is -0.118. The third kappa shape index (κ3) is 4.29. The zero-order valence-electron chi connectivity index (χ0n) is 12.8. The molecule has 0 unspecified atom stereocenters. The van der Waals surface area contributed by atoms with E-state index in [4.69, 9.17) is 0 Å². The molecule has 4 nitrogen and oxygen atoms in total. The molecule has 0 spiro atoms. The van der Waals surface area contributed by atoms with Crippen LogP contribution in [0.4, 0.5) is 0 Å². The molecule has 1 atom stereocenters. The highest BCUT2D eigenvalue weighted by Gasteiger charge is 2.30. The zero-order valence-corrected chi connectivity index (χ0v) is 13.6. The Kier molecular flexibility index (Phi) is 4.88. The molecule has 0 saturated carbocycles. The summed E-state index contributed by atoms with van der Waals surface area (Å²) >= 11 is 1.43. The van der Waals surface area contributed by atoms with Crippen molar-refractivity contribution >= 4 is 29.1 Å². The van der Waals surface area contributed by atoms with Gasteiger partial charge in [0.2, 0.25) is 5.91 Å². The number of carbonyl (C=O) groups excluding carboxylic acids is 1. The second-order valence-electron chi connectivity index (χ2n) is 5.35. The first-order valence-corrected chi connectivity index (χ1v) is 8.28. The Balaban J connectivity index is 1.63. The van der Waals surface area contributed by atoms with E-state index in [2.05, 4.69) is 34.6 Å². The number of hydrogen-bond acceptors (Lipinski definition) is 4. The standard InChI is InChI=1S/C18H17N3OS/c1-13-6-5-9-15(10-13)11-16-17(22)20-18(23-16)21-19-12-14-7-3-2-4-8-14/h2-10,12,16H,11H2,1H3,(H,20,21,22)/b19-12-/t16-/m1/s1. The van der Waals surface area contributed by atoms with E-state index in [0.29, 0.717) is 11.6 Å². The number of amides is 1. The Morgan fingerprint density at radius 3 is 2.78 bits per heavy atom. The molecule has 1 aliphatic heterocycles. The van der Waals surface area contributed by atoms with E-state index >= 15 is 0 Å². The second-order valence-corrected chi connectivity index (χ2v) is 6.54. The summed E-state index contributed by atoms with van der Waals surface area (Å²) in [7, 11) is 0. The van der Waals surface area contributed by atoms with Gasteiger partial charge in [0.15, 0.2) is 5.17 Å². The fourth-order valence-corrected chi connectivity index (χ4v) is 3.29. The minimum absolute atomic E-state index is 0.00910. The van der Waals surface area contributed by atoms with Crippen LogP contribution >= 0.6 is 11.8 Å². The fraction of sp³-hybridized carbons (Fsp3) is 0.167. The van der Waals surface area contributed by atoms with Gasteiger partial charge < -0.3 is 5.32 Å². The van der Waals surface area contributed by atoms with Crippen LogP contribution in [-0.4, -0.2) is 22.5 Å². The highest BCUT2D eigenvalue weighted by Crippen LogP contribution is 2.23. The first-order chi connectivity index (χ1) is 11.2. The van der Waals surface area contributed by atoms with Gasteiger partial charge in [-0.05, 0) is 24.5 Å². The highest BCUT2D eigenvalue weighted by molar-refractivity contribution is 8.15. The van der Waals surface area contributed by atoms with Crippen molar-refractivity contribution in [3.63, 3.8) is 0 Å². The number of carbonyl (C=O) groups is 1. The lowest BCUT2D eigenvalue weighted by atomic mass is 10.1. The molecule has 5 heteroatoms. The SMILES string of the molecule is Cc1cccc(C[C@H]2S/C(=N/N=C\c3ccccc3)NC2=O)c1. The number of hydrogen-bond donors (Lipinski definition) is 1. The summed E-state index contributed by atoms with van der Waals surface area (Å²) in [6.07, 6.45) is 2.37. The maximum absolute atomic E-state index is 12.0. The van der Waals surface area contributed by atoms with E-state index in [0.717, 1.165) is 11.1 Å². The Morgan fingerprint density at radius 1 is 1.17 bits per heavy atom. The van der Waals surface area contributed by atoms with Crippen molar-refractivity contribution in [2.75, 3.05) is 0 Å². The van der Waals surface area contributed by atoms with Crippen LogP contribution in [0.1, 0.15) is 16.7 Å². The molecule has 0 aliphatic carbocycles. The highest BCUT2D eigenvalue weighted by atomic mass is 32.2. The second kappa shape index (κ2) is 7.24. The van der Waals surface area contributed by atoms with Crippen LogP contribution in [0.25, 0.3) is 0 Å². The molecule has 1 heterocycles. The predicted molar refractivity (Wildman–Crippen MR) is 95.9 cm³/mol. The van der Waals surface area contributed by atoms with Crippen LogP contribution in [-0.2, 0) is 11.2 Å². The molecule has 23 heavy (non-hydrogen) atoms. The fourth-order valence-electron chi connectivity index (χ4n) is 2.33. The Morgan fingerprint density at radius 2 is 2.00 bits per heavy atom. The predicted octanol–water partition coefficient (Wildman–Crippen LogP) is 3.16. The molecular formula is C18H17N3OS. The monoisotopic (exact) mass is 323 g/mol. The van der Waals surface area contributed by atoms with Crippen LogP contribution in [0.2, 0.25) is 0 Å². The van der Waals surface area contributed by atoms with Crippen LogP contribution < -0.4 is 5.32 Å². The van der Waals surface area contributed by atoms with E-state index in [9.17, 15) is 4.79 Å². The molecular weight excluding hydrogens is 306 g/mol. The minimum atomic E-state index is -0.150. The van der Waals surface area contributed by atoms with Crippen molar-refractivity contribution in [3.8, 4) is 0 Å². The lowest BCUT2D eigenvalue weighted by Crippen LogP contribution is -2.25. The molecule has 0 radical (unpaired) electrons. The number of aryl methyl sites for hydroxylation is 1. The maximum Gasteiger partial charge on any atom is 0.239 e. The molecule has 116 valence electrons. The van der Waals surface area contributed by atoms with Gasteiger partial charge in [0.05, 0.1) is 11.5 Å². The summed E-state index contributed by atoms with van der Waals surface area (Å²) in [6, 6.07) is 18.0. The zero-order chi connectivity index (χ0) is 16.1. The quantitative estimate of drug-likeness (QED) is 0.694. The summed E-state index contributed by atoms with van der Waals surface area (Å²) in [5.74, 6) is -0.00910. The van der Waals surface area contributed by atoms with Crippen molar-refractivity contribution in [1.82, 2.24) is 5.32 Å². The smallest absolute Gasteiger partial charge is 0.239 e. The number of nitrogens with one attached hydrogen (secondary N) is 1. The van der Waals surface area contributed by atoms with Crippen molar-refractivity contribution in [3.05, 3.63) is 71.3 Å². The molecule has 1 saturated heterocycles. The molecule has 1 N–H and O–H groups in total. The summed E-state index contributed by atoms with van der Waals surface area (Å²) in [6.45, 7) is 2.05. The summed E-state index contributed by atoms with van der Waals surface area (Å²) < 4.78 is 0. The van der Waals surface area contributed by atoms with Gasteiger partial charge in [0.1, 0.15) is 0 Å². The topological polar surface area (TPSA) is 53.8 Å². The Bertz CT molecular complexity index is 756.